The Morgan fingerprint density at radius 2 is 2.30 bits per heavy atom. The molecule has 0 radical (unpaired) electrons. The first-order valence-electron chi connectivity index (χ1n) is 6.43. The zero-order valence-corrected chi connectivity index (χ0v) is 11.9. The Morgan fingerprint density at radius 3 is 2.95 bits per heavy atom. The van der Waals surface area contributed by atoms with Gasteiger partial charge >= 0.3 is 0 Å². The lowest BCUT2D eigenvalue weighted by Gasteiger charge is -2.32. The molecule has 1 atom stereocenters. The van der Waals surface area contributed by atoms with Gasteiger partial charge in [0.05, 0.1) is 15.5 Å². The normalized spacial score (nSPS) is 18.9. The molecule has 1 aromatic rings. The number of halogens is 1. The van der Waals surface area contributed by atoms with Crippen LogP contribution in [0.3, 0.4) is 0 Å². The Balaban J connectivity index is 2.24. The van der Waals surface area contributed by atoms with Crippen LogP contribution in [0.4, 0.5) is 5.69 Å². The largest absolute Gasteiger partial charge is 0.337 e. The van der Waals surface area contributed by atoms with Crippen molar-refractivity contribution in [1.82, 2.24) is 10.2 Å². The van der Waals surface area contributed by atoms with E-state index in [1.807, 2.05) is 7.05 Å². The number of hydrogen-bond acceptors (Lipinski definition) is 4. The van der Waals surface area contributed by atoms with E-state index in [1.54, 1.807) is 4.90 Å². The van der Waals surface area contributed by atoms with Gasteiger partial charge in [-0.05, 0) is 26.0 Å². The lowest BCUT2D eigenvalue weighted by molar-refractivity contribution is -0.384. The zero-order valence-electron chi connectivity index (χ0n) is 11.1. The summed E-state index contributed by atoms with van der Waals surface area (Å²) >= 11 is 6.00. The zero-order chi connectivity index (χ0) is 14.7. The van der Waals surface area contributed by atoms with E-state index in [2.05, 4.69) is 5.32 Å². The fourth-order valence-electron chi connectivity index (χ4n) is 2.36. The highest BCUT2D eigenvalue weighted by Crippen LogP contribution is 2.24. The van der Waals surface area contributed by atoms with Crippen LogP contribution >= 0.6 is 11.6 Å². The van der Waals surface area contributed by atoms with Gasteiger partial charge in [-0.2, -0.15) is 0 Å². The highest BCUT2D eigenvalue weighted by Gasteiger charge is 2.26. The fourth-order valence-corrected chi connectivity index (χ4v) is 2.56. The molecule has 1 fully saturated rings. The van der Waals surface area contributed by atoms with Crippen LogP contribution in [0.1, 0.15) is 23.2 Å². The first-order chi connectivity index (χ1) is 9.52. The van der Waals surface area contributed by atoms with Gasteiger partial charge in [-0.1, -0.05) is 11.6 Å². The van der Waals surface area contributed by atoms with E-state index >= 15 is 0 Å². The van der Waals surface area contributed by atoms with Crippen LogP contribution in [0.25, 0.3) is 0 Å². The molecule has 1 heterocycles. The van der Waals surface area contributed by atoms with Crippen LogP contribution in [0.2, 0.25) is 5.02 Å². The SMILES string of the molecule is CNC1CCCN(C(=O)c2cc([N+](=O)[O-])ccc2Cl)C1. The number of carbonyl (C=O) groups is 1. The van der Waals surface area contributed by atoms with Crippen molar-refractivity contribution in [2.45, 2.75) is 18.9 Å². The molecule has 1 aromatic carbocycles. The van der Waals surface area contributed by atoms with Crippen molar-refractivity contribution in [3.8, 4) is 0 Å². The fraction of sp³-hybridized carbons (Fsp3) is 0.462. The minimum Gasteiger partial charge on any atom is -0.337 e. The quantitative estimate of drug-likeness (QED) is 0.684. The van der Waals surface area contributed by atoms with Crippen molar-refractivity contribution in [3.63, 3.8) is 0 Å². The van der Waals surface area contributed by atoms with Crippen molar-refractivity contribution >= 4 is 23.2 Å². The minimum atomic E-state index is -0.528. The first-order valence-corrected chi connectivity index (χ1v) is 6.81. The van der Waals surface area contributed by atoms with Gasteiger partial charge in [-0.15, -0.1) is 0 Å². The number of nitrogens with one attached hydrogen (secondary N) is 1. The van der Waals surface area contributed by atoms with E-state index in [-0.39, 0.29) is 28.2 Å². The standard InChI is InChI=1S/C13H16ClN3O3/c1-15-9-3-2-6-16(8-9)13(18)11-7-10(17(19)20)4-5-12(11)14/h4-5,7,9,15H,2-3,6,8H2,1H3. The topological polar surface area (TPSA) is 75.5 Å². The van der Waals surface area contributed by atoms with Crippen LogP contribution in [0.5, 0.6) is 0 Å². The lowest BCUT2D eigenvalue weighted by atomic mass is 10.0. The molecule has 0 aromatic heterocycles. The van der Waals surface area contributed by atoms with Gasteiger partial charge in [-0.3, -0.25) is 14.9 Å². The average molecular weight is 298 g/mol. The Labute approximate surface area is 121 Å². The van der Waals surface area contributed by atoms with Gasteiger partial charge < -0.3 is 10.2 Å². The van der Waals surface area contributed by atoms with Gasteiger partial charge in [0.15, 0.2) is 0 Å². The summed E-state index contributed by atoms with van der Waals surface area (Å²) < 4.78 is 0. The Hall–Kier alpha value is -1.66. The van der Waals surface area contributed by atoms with Gasteiger partial charge in [0, 0.05) is 31.3 Å². The number of nitro groups is 1. The molecule has 2 rings (SSSR count). The minimum absolute atomic E-state index is 0.125. The molecule has 1 unspecified atom stereocenters. The molecule has 1 amide bonds. The Kier molecular flexibility index (Phi) is 4.57. The van der Waals surface area contributed by atoms with E-state index < -0.39 is 4.92 Å². The molecule has 7 heteroatoms. The molecule has 0 aliphatic carbocycles. The lowest BCUT2D eigenvalue weighted by Crippen LogP contribution is -2.47. The molecule has 1 N–H and O–H groups in total. The maximum absolute atomic E-state index is 12.4. The second-order valence-electron chi connectivity index (χ2n) is 4.80. The summed E-state index contributed by atoms with van der Waals surface area (Å²) in [7, 11) is 1.86. The number of hydrogen-bond donors (Lipinski definition) is 1. The third-order valence-electron chi connectivity index (χ3n) is 3.51. The predicted molar refractivity (Wildman–Crippen MR) is 76.1 cm³/mol. The number of likely N-dealkylation sites (tertiary alicyclic amines) is 1. The number of amides is 1. The van der Waals surface area contributed by atoms with Crippen molar-refractivity contribution in [3.05, 3.63) is 38.9 Å². The third-order valence-corrected chi connectivity index (χ3v) is 3.84. The molecular weight excluding hydrogens is 282 g/mol. The van der Waals surface area contributed by atoms with Crippen LogP contribution in [0.15, 0.2) is 18.2 Å². The van der Waals surface area contributed by atoms with Gasteiger partial charge in [0.1, 0.15) is 0 Å². The van der Waals surface area contributed by atoms with E-state index in [1.165, 1.54) is 18.2 Å². The highest BCUT2D eigenvalue weighted by atomic mass is 35.5. The molecule has 1 aliphatic heterocycles. The summed E-state index contributed by atoms with van der Waals surface area (Å²) in [5.41, 5.74) is 0.0672. The number of rotatable bonds is 3. The van der Waals surface area contributed by atoms with Gasteiger partial charge in [-0.25, -0.2) is 0 Å². The molecule has 0 bridgehead atoms. The monoisotopic (exact) mass is 297 g/mol. The van der Waals surface area contributed by atoms with Gasteiger partial charge in [0.25, 0.3) is 11.6 Å². The van der Waals surface area contributed by atoms with E-state index in [0.29, 0.717) is 13.1 Å². The number of piperidine rings is 1. The van der Waals surface area contributed by atoms with Gasteiger partial charge in [0.2, 0.25) is 0 Å². The molecule has 108 valence electrons. The maximum atomic E-state index is 12.4. The van der Waals surface area contributed by atoms with Crippen molar-refractivity contribution in [2.24, 2.45) is 0 Å². The number of nitrogens with zero attached hydrogens (tertiary/aromatic N) is 2. The second kappa shape index (κ2) is 6.19. The number of nitro benzene ring substituents is 1. The molecule has 20 heavy (non-hydrogen) atoms. The summed E-state index contributed by atoms with van der Waals surface area (Å²) in [5.74, 6) is -0.251. The summed E-state index contributed by atoms with van der Waals surface area (Å²) in [4.78, 5) is 24.4. The summed E-state index contributed by atoms with van der Waals surface area (Å²) in [6.45, 7) is 1.24. The van der Waals surface area contributed by atoms with E-state index in [0.717, 1.165) is 12.8 Å². The predicted octanol–water partition coefficient (Wildman–Crippen LogP) is 2.07. The summed E-state index contributed by atoms with van der Waals surface area (Å²) in [6.07, 6.45) is 1.92. The Morgan fingerprint density at radius 1 is 1.55 bits per heavy atom. The van der Waals surface area contributed by atoms with Crippen molar-refractivity contribution in [2.75, 3.05) is 20.1 Å². The molecule has 0 saturated carbocycles. The molecule has 0 spiro atoms. The van der Waals surface area contributed by atoms with Crippen LogP contribution < -0.4 is 5.32 Å². The second-order valence-corrected chi connectivity index (χ2v) is 5.21. The maximum Gasteiger partial charge on any atom is 0.270 e. The summed E-state index contributed by atoms with van der Waals surface area (Å²) in [6, 6.07) is 4.19. The van der Waals surface area contributed by atoms with E-state index in [9.17, 15) is 14.9 Å². The van der Waals surface area contributed by atoms with E-state index in [4.69, 9.17) is 11.6 Å². The van der Waals surface area contributed by atoms with Crippen molar-refractivity contribution < 1.29 is 9.72 Å². The highest BCUT2D eigenvalue weighted by molar-refractivity contribution is 6.33. The molecule has 1 aliphatic rings. The number of benzene rings is 1. The van der Waals surface area contributed by atoms with Crippen LogP contribution in [0, 0.1) is 10.1 Å². The Bertz CT molecular complexity index is 536. The van der Waals surface area contributed by atoms with Crippen LogP contribution in [-0.2, 0) is 0 Å². The molecule has 1 saturated heterocycles. The molecule has 6 nitrogen and oxygen atoms in total. The molecular formula is C13H16ClN3O3. The average Bonchev–Trinajstić information content (AvgIpc) is 2.46. The smallest absolute Gasteiger partial charge is 0.270 e. The first kappa shape index (κ1) is 14.7. The summed E-state index contributed by atoms with van der Waals surface area (Å²) in [5, 5.41) is 14.2. The van der Waals surface area contributed by atoms with Crippen molar-refractivity contribution in [1.29, 1.82) is 0 Å². The number of non-ortho nitro benzene ring substituents is 1. The number of likely N-dealkylation sites (N-methyl/N-ethyl adjacent to an activating group) is 1. The third kappa shape index (κ3) is 3.08. The van der Waals surface area contributed by atoms with Crippen LogP contribution in [-0.4, -0.2) is 41.9 Å². The number of carbonyl (C=O) groups excluding carboxylic acids is 1.